The minimum absolute atomic E-state index is 0.0192. The van der Waals surface area contributed by atoms with Gasteiger partial charge in [-0.05, 0) is 20.3 Å². The maximum atomic E-state index is 12.3. The van der Waals surface area contributed by atoms with Crippen LogP contribution in [0.1, 0.15) is 26.7 Å². The van der Waals surface area contributed by atoms with E-state index in [4.69, 9.17) is 4.74 Å². The van der Waals surface area contributed by atoms with Crippen LogP contribution in [0.4, 0.5) is 0 Å². The van der Waals surface area contributed by atoms with Crippen molar-refractivity contribution in [2.24, 2.45) is 14.1 Å². The smallest absolute Gasteiger partial charge is 0.332 e. The highest BCUT2D eigenvalue weighted by atomic mass is 16.5. The monoisotopic (exact) mass is 365 g/mol. The maximum Gasteiger partial charge on any atom is 0.332 e. The number of esters is 1. The third kappa shape index (κ3) is 4.19. The van der Waals surface area contributed by atoms with Crippen molar-refractivity contribution < 1.29 is 14.3 Å². The molecule has 0 aromatic carbocycles. The topological polar surface area (TPSA) is 117 Å². The lowest BCUT2D eigenvalue weighted by Crippen LogP contribution is -2.37. The molecule has 0 saturated heterocycles. The number of ether oxygens (including phenoxy) is 1. The van der Waals surface area contributed by atoms with Crippen LogP contribution < -0.4 is 16.6 Å². The summed E-state index contributed by atoms with van der Waals surface area (Å²) in [5, 5.41) is 2.62. The summed E-state index contributed by atoms with van der Waals surface area (Å²) < 4.78 is 8.83. The molecule has 1 amide bonds. The summed E-state index contributed by atoms with van der Waals surface area (Å²) in [6.45, 7) is 3.68. The number of imidazole rings is 1. The number of rotatable bonds is 7. The molecule has 0 saturated carbocycles. The van der Waals surface area contributed by atoms with Crippen molar-refractivity contribution in [1.82, 2.24) is 24.0 Å². The van der Waals surface area contributed by atoms with Gasteiger partial charge in [-0.3, -0.25) is 23.5 Å². The number of aryl methyl sites for hydroxylation is 2. The fourth-order valence-corrected chi connectivity index (χ4v) is 2.54. The number of hydrogen-bond acceptors (Lipinski definition) is 6. The number of amides is 1. The summed E-state index contributed by atoms with van der Waals surface area (Å²) in [7, 11) is 2.95. The van der Waals surface area contributed by atoms with E-state index >= 15 is 0 Å². The average Bonchev–Trinajstić information content (AvgIpc) is 2.99. The van der Waals surface area contributed by atoms with Gasteiger partial charge in [0.1, 0.15) is 0 Å². The third-order valence-electron chi connectivity index (χ3n) is 3.81. The molecule has 10 heteroatoms. The Morgan fingerprint density at radius 1 is 1.23 bits per heavy atom. The van der Waals surface area contributed by atoms with Gasteiger partial charge in [-0.2, -0.15) is 0 Å². The van der Waals surface area contributed by atoms with E-state index in [1.807, 2.05) is 13.8 Å². The fraction of sp³-hybridized carbons (Fsp3) is 0.562. The molecule has 2 aromatic heterocycles. The first-order valence-electron chi connectivity index (χ1n) is 8.28. The van der Waals surface area contributed by atoms with E-state index in [9.17, 15) is 19.2 Å². The highest BCUT2D eigenvalue weighted by Crippen LogP contribution is 2.07. The highest BCUT2D eigenvalue weighted by Gasteiger charge is 2.14. The van der Waals surface area contributed by atoms with Crippen LogP contribution in [0.5, 0.6) is 0 Å². The zero-order valence-electron chi connectivity index (χ0n) is 15.3. The summed E-state index contributed by atoms with van der Waals surface area (Å²) in [5.74, 6) is -0.841. The maximum absolute atomic E-state index is 12.3. The largest absolute Gasteiger partial charge is 0.456 e. The summed E-state index contributed by atoms with van der Waals surface area (Å²) in [5.41, 5.74) is -0.283. The van der Waals surface area contributed by atoms with Gasteiger partial charge < -0.3 is 14.6 Å². The van der Waals surface area contributed by atoms with Gasteiger partial charge in [-0.1, -0.05) is 0 Å². The molecular weight excluding hydrogens is 342 g/mol. The highest BCUT2D eigenvalue weighted by molar-refractivity contribution is 5.80. The molecule has 0 radical (unpaired) electrons. The zero-order chi connectivity index (χ0) is 19.4. The van der Waals surface area contributed by atoms with Crippen LogP contribution in [-0.2, 0) is 35.0 Å². The molecule has 0 aliphatic heterocycles. The summed E-state index contributed by atoms with van der Waals surface area (Å²) in [6.07, 6.45) is 1.97. The molecule has 26 heavy (non-hydrogen) atoms. The van der Waals surface area contributed by atoms with E-state index in [0.29, 0.717) is 24.1 Å². The van der Waals surface area contributed by atoms with Crippen LogP contribution in [0.25, 0.3) is 11.2 Å². The lowest BCUT2D eigenvalue weighted by Gasteiger charge is -2.09. The zero-order valence-corrected chi connectivity index (χ0v) is 15.3. The van der Waals surface area contributed by atoms with Crippen LogP contribution in [0.2, 0.25) is 0 Å². The van der Waals surface area contributed by atoms with Crippen molar-refractivity contribution >= 4 is 23.0 Å². The van der Waals surface area contributed by atoms with Crippen molar-refractivity contribution in [2.45, 2.75) is 39.3 Å². The molecule has 10 nitrogen and oxygen atoms in total. The molecule has 2 aromatic rings. The normalized spacial score (nSPS) is 11.1. The number of fused-ring (bicyclic) bond motifs is 1. The Balaban J connectivity index is 1.97. The minimum atomic E-state index is -0.492. The van der Waals surface area contributed by atoms with Gasteiger partial charge in [-0.25, -0.2) is 9.78 Å². The predicted octanol–water partition coefficient (Wildman–Crippen LogP) is -0.718. The van der Waals surface area contributed by atoms with E-state index in [0.717, 1.165) is 4.57 Å². The second-order valence-corrected chi connectivity index (χ2v) is 6.30. The van der Waals surface area contributed by atoms with Crippen LogP contribution >= 0.6 is 0 Å². The Bertz CT molecular complexity index is 937. The second-order valence-electron chi connectivity index (χ2n) is 6.30. The Morgan fingerprint density at radius 3 is 2.58 bits per heavy atom. The Kier molecular flexibility index (Phi) is 5.96. The molecule has 0 aliphatic carbocycles. The van der Waals surface area contributed by atoms with Gasteiger partial charge in [0.15, 0.2) is 17.8 Å². The van der Waals surface area contributed by atoms with Crippen LogP contribution in [0.3, 0.4) is 0 Å². The number of hydrogen-bond donors (Lipinski definition) is 1. The number of nitrogens with zero attached hydrogens (tertiary/aromatic N) is 4. The van der Waals surface area contributed by atoms with E-state index < -0.39 is 17.2 Å². The molecule has 0 atom stereocenters. The molecule has 0 unspecified atom stereocenters. The molecule has 1 N–H and O–H groups in total. The molecule has 2 heterocycles. The third-order valence-corrected chi connectivity index (χ3v) is 3.81. The molecule has 0 bridgehead atoms. The van der Waals surface area contributed by atoms with Crippen molar-refractivity contribution in [2.75, 3.05) is 6.61 Å². The Hall–Kier alpha value is -2.91. The van der Waals surface area contributed by atoms with Gasteiger partial charge >= 0.3 is 11.7 Å². The molecule has 2 rings (SSSR count). The van der Waals surface area contributed by atoms with E-state index in [1.165, 1.54) is 17.9 Å². The van der Waals surface area contributed by atoms with E-state index in [-0.39, 0.29) is 25.0 Å². The lowest BCUT2D eigenvalue weighted by molar-refractivity contribution is -0.148. The minimum Gasteiger partial charge on any atom is -0.456 e. The van der Waals surface area contributed by atoms with Crippen LogP contribution in [0.15, 0.2) is 15.9 Å². The average molecular weight is 365 g/mol. The fourth-order valence-electron chi connectivity index (χ4n) is 2.54. The first-order valence-corrected chi connectivity index (χ1v) is 8.28. The SMILES string of the molecule is CC(C)NC(=O)COC(=O)CCCn1cnc2c1c(=O)n(C)c(=O)n2C. The van der Waals surface area contributed by atoms with Crippen LogP contribution in [0, 0.1) is 0 Å². The quantitative estimate of drug-likeness (QED) is 0.647. The number of carbonyl (C=O) groups is 2. The Morgan fingerprint density at radius 2 is 1.92 bits per heavy atom. The first-order chi connectivity index (χ1) is 12.2. The number of aromatic nitrogens is 4. The summed E-state index contributed by atoms with van der Waals surface area (Å²) >= 11 is 0. The molecule has 142 valence electrons. The summed E-state index contributed by atoms with van der Waals surface area (Å²) in [6, 6.07) is -0.0192. The van der Waals surface area contributed by atoms with Crippen molar-refractivity contribution in [3.05, 3.63) is 27.2 Å². The molecule has 0 aliphatic rings. The molecule has 0 spiro atoms. The Labute approximate surface area is 149 Å². The predicted molar refractivity (Wildman–Crippen MR) is 93.7 cm³/mol. The van der Waals surface area contributed by atoms with Crippen molar-refractivity contribution in [1.29, 1.82) is 0 Å². The first kappa shape index (κ1) is 19.4. The van der Waals surface area contributed by atoms with Gasteiger partial charge in [0.25, 0.3) is 11.5 Å². The molecule has 0 fully saturated rings. The van der Waals surface area contributed by atoms with Gasteiger partial charge in [0.05, 0.1) is 6.33 Å². The number of nitrogens with one attached hydrogen (secondary N) is 1. The van der Waals surface area contributed by atoms with Crippen molar-refractivity contribution in [3.63, 3.8) is 0 Å². The second kappa shape index (κ2) is 7.98. The number of carbonyl (C=O) groups excluding carboxylic acids is 2. The van der Waals surface area contributed by atoms with E-state index in [1.54, 1.807) is 11.6 Å². The standard InChI is InChI=1S/C16H23N5O5/c1-10(2)18-11(22)8-26-12(23)6-5-7-21-9-17-14-13(21)15(24)20(4)16(25)19(14)3/h9-10H,5-8H2,1-4H3,(H,18,22). The van der Waals surface area contributed by atoms with Gasteiger partial charge in [-0.15, -0.1) is 0 Å². The van der Waals surface area contributed by atoms with E-state index in [2.05, 4.69) is 10.3 Å². The summed E-state index contributed by atoms with van der Waals surface area (Å²) in [4.78, 5) is 51.4. The van der Waals surface area contributed by atoms with Gasteiger partial charge in [0.2, 0.25) is 0 Å². The van der Waals surface area contributed by atoms with Crippen LogP contribution in [-0.4, -0.2) is 43.2 Å². The van der Waals surface area contributed by atoms with Gasteiger partial charge in [0, 0.05) is 33.1 Å². The lowest BCUT2D eigenvalue weighted by atomic mass is 10.3. The van der Waals surface area contributed by atoms with Crippen molar-refractivity contribution in [3.8, 4) is 0 Å². The molecular formula is C16H23N5O5.